The van der Waals surface area contributed by atoms with Gasteiger partial charge in [0.05, 0.1) is 30.5 Å². The van der Waals surface area contributed by atoms with E-state index >= 15 is 0 Å². The van der Waals surface area contributed by atoms with Crippen LogP contribution in [0.25, 0.3) is 0 Å². The maximum Gasteiger partial charge on any atom is 0.326 e. The number of carbonyl (C=O) groups excluding carboxylic acids is 2. The molecule has 0 aliphatic heterocycles. The van der Waals surface area contributed by atoms with E-state index in [1.807, 2.05) is 0 Å². The van der Waals surface area contributed by atoms with Crippen molar-refractivity contribution in [2.24, 2.45) is 0 Å². The topological polar surface area (TPSA) is 75.2 Å². The zero-order valence-electron chi connectivity index (χ0n) is 11.4. The summed E-state index contributed by atoms with van der Waals surface area (Å²) < 4.78 is 0. The number of hydrogen-bond acceptors (Lipinski definition) is 4. The highest BCUT2D eigenvalue weighted by molar-refractivity contribution is 6.31. The summed E-state index contributed by atoms with van der Waals surface area (Å²) in [6, 6.07) is 6.18. The predicted octanol–water partition coefficient (Wildman–Crippen LogP) is 2.98. The molecule has 0 saturated heterocycles. The van der Waals surface area contributed by atoms with Gasteiger partial charge in [0, 0.05) is 10.7 Å². The van der Waals surface area contributed by atoms with E-state index in [-0.39, 0.29) is 18.2 Å². The van der Waals surface area contributed by atoms with Crippen molar-refractivity contribution in [2.75, 3.05) is 22.6 Å². The highest BCUT2D eigenvalue weighted by Crippen LogP contribution is 2.17. The molecule has 0 fully saturated rings. The van der Waals surface area contributed by atoms with Gasteiger partial charge in [0.15, 0.2) is 5.78 Å². The molecule has 0 bridgehead atoms. The third-order valence-corrected chi connectivity index (χ3v) is 3.20. The molecular formula is C14H12Cl2N4O2. The molecule has 0 aliphatic rings. The highest BCUT2D eigenvalue weighted by atomic mass is 35.5. The molecule has 114 valence electrons. The van der Waals surface area contributed by atoms with Crippen LogP contribution in [-0.4, -0.2) is 34.2 Å². The Kier molecular flexibility index (Phi) is 5.68. The quantitative estimate of drug-likeness (QED) is 0.850. The average Bonchev–Trinajstić information content (AvgIpc) is 2.53. The van der Waals surface area contributed by atoms with Crippen LogP contribution in [0, 0.1) is 0 Å². The fraction of sp³-hybridized carbons (Fsp3) is 0.143. The number of nitrogens with zero attached hydrogens (tertiary/aromatic N) is 3. The molecule has 8 heteroatoms. The number of rotatable bonds is 5. The Balaban J connectivity index is 2.20. The van der Waals surface area contributed by atoms with Crippen LogP contribution in [-0.2, 0) is 4.79 Å². The smallest absolute Gasteiger partial charge is 0.307 e. The van der Waals surface area contributed by atoms with Crippen molar-refractivity contribution in [3.63, 3.8) is 0 Å². The van der Waals surface area contributed by atoms with Crippen LogP contribution in [0.4, 0.5) is 16.2 Å². The molecule has 1 aromatic carbocycles. The summed E-state index contributed by atoms with van der Waals surface area (Å²) in [6.07, 6.45) is 4.21. The number of Topliss-reactive ketones (excluding diaryl/α,β-unsaturated/α-hetero) is 1. The molecule has 0 aliphatic carbocycles. The van der Waals surface area contributed by atoms with Crippen LogP contribution >= 0.6 is 23.2 Å². The van der Waals surface area contributed by atoms with Crippen LogP contribution in [0.2, 0.25) is 5.02 Å². The molecule has 0 saturated carbocycles. The Morgan fingerprint density at radius 1 is 1.23 bits per heavy atom. The Hall–Kier alpha value is -2.18. The second-order valence-corrected chi connectivity index (χ2v) is 5.00. The summed E-state index contributed by atoms with van der Waals surface area (Å²) in [7, 11) is 0. The number of aromatic nitrogens is 2. The first-order valence-electron chi connectivity index (χ1n) is 6.27. The third kappa shape index (κ3) is 4.41. The second kappa shape index (κ2) is 7.72. The van der Waals surface area contributed by atoms with E-state index in [2.05, 4.69) is 15.3 Å². The van der Waals surface area contributed by atoms with E-state index < -0.39 is 6.03 Å². The molecule has 0 atom stereocenters. The van der Waals surface area contributed by atoms with Gasteiger partial charge in [-0.05, 0) is 18.2 Å². The fourth-order valence-corrected chi connectivity index (χ4v) is 1.96. The Labute approximate surface area is 137 Å². The molecule has 1 N–H and O–H groups in total. The average molecular weight is 339 g/mol. The number of ketones is 1. The van der Waals surface area contributed by atoms with E-state index in [1.165, 1.54) is 23.6 Å². The number of alkyl halides is 1. The van der Waals surface area contributed by atoms with Crippen LogP contribution in [0.5, 0.6) is 0 Å². The van der Waals surface area contributed by atoms with Crippen molar-refractivity contribution in [2.45, 2.75) is 0 Å². The summed E-state index contributed by atoms with van der Waals surface area (Å²) in [4.78, 5) is 32.9. The van der Waals surface area contributed by atoms with Crippen LogP contribution in [0.15, 0.2) is 43.0 Å². The Morgan fingerprint density at radius 3 is 2.59 bits per heavy atom. The van der Waals surface area contributed by atoms with E-state index in [0.717, 1.165) is 0 Å². The second-order valence-electron chi connectivity index (χ2n) is 4.30. The molecule has 0 radical (unpaired) electrons. The number of amides is 2. The van der Waals surface area contributed by atoms with Gasteiger partial charge >= 0.3 is 6.03 Å². The number of benzene rings is 1. The number of anilines is 2. The summed E-state index contributed by atoms with van der Waals surface area (Å²) in [5.41, 5.74) is 0.901. The largest absolute Gasteiger partial charge is 0.326 e. The molecule has 1 heterocycles. The van der Waals surface area contributed by atoms with Crippen molar-refractivity contribution >= 4 is 46.4 Å². The number of halogens is 2. The fourth-order valence-electron chi connectivity index (χ4n) is 1.69. The summed E-state index contributed by atoms with van der Waals surface area (Å²) in [5, 5.41) is 3.15. The van der Waals surface area contributed by atoms with Crippen molar-refractivity contribution in [1.29, 1.82) is 0 Å². The first kappa shape index (κ1) is 16.2. The standard InChI is InChI=1S/C14H12Cl2N4O2/c15-5-13(21)8-20(12-6-17-9-18-7-12)14(22)19-11-3-1-2-10(16)4-11/h1-4,6-7,9H,5,8H2,(H,19,22). The lowest BCUT2D eigenvalue weighted by Crippen LogP contribution is -2.39. The molecule has 0 spiro atoms. The molecule has 6 nitrogen and oxygen atoms in total. The number of hydrogen-bond donors (Lipinski definition) is 1. The summed E-state index contributed by atoms with van der Waals surface area (Å²) >= 11 is 11.4. The molecule has 2 aromatic rings. The molecule has 2 rings (SSSR count). The highest BCUT2D eigenvalue weighted by Gasteiger charge is 2.19. The van der Waals surface area contributed by atoms with E-state index in [9.17, 15) is 9.59 Å². The molecule has 1 aromatic heterocycles. The first-order chi connectivity index (χ1) is 10.6. The Morgan fingerprint density at radius 2 is 1.95 bits per heavy atom. The molecule has 22 heavy (non-hydrogen) atoms. The van der Waals surface area contributed by atoms with E-state index in [0.29, 0.717) is 16.4 Å². The SMILES string of the molecule is O=C(CCl)CN(C(=O)Nc1cccc(Cl)c1)c1cncnc1. The lowest BCUT2D eigenvalue weighted by Gasteiger charge is -2.21. The molecule has 2 amide bonds. The van der Waals surface area contributed by atoms with Gasteiger partial charge in [-0.2, -0.15) is 0 Å². The van der Waals surface area contributed by atoms with Crippen LogP contribution in [0.1, 0.15) is 0 Å². The van der Waals surface area contributed by atoms with Gasteiger partial charge in [0.25, 0.3) is 0 Å². The summed E-state index contributed by atoms with van der Waals surface area (Å²) in [6.45, 7) is -0.177. The van der Waals surface area contributed by atoms with Gasteiger partial charge in [-0.1, -0.05) is 17.7 Å². The minimum Gasteiger partial charge on any atom is -0.307 e. The number of nitrogens with one attached hydrogen (secondary N) is 1. The lowest BCUT2D eigenvalue weighted by atomic mass is 10.3. The predicted molar refractivity (Wildman–Crippen MR) is 85.6 cm³/mol. The van der Waals surface area contributed by atoms with Gasteiger partial charge in [0.1, 0.15) is 6.33 Å². The number of carbonyl (C=O) groups is 2. The zero-order chi connectivity index (χ0) is 15.9. The van der Waals surface area contributed by atoms with Crippen LogP contribution < -0.4 is 10.2 Å². The van der Waals surface area contributed by atoms with Gasteiger partial charge in [-0.25, -0.2) is 14.8 Å². The minimum absolute atomic E-state index is 0.177. The molecule has 0 unspecified atom stereocenters. The van der Waals surface area contributed by atoms with Crippen LogP contribution in [0.3, 0.4) is 0 Å². The van der Waals surface area contributed by atoms with E-state index in [1.54, 1.807) is 24.3 Å². The normalized spacial score (nSPS) is 10.1. The maximum absolute atomic E-state index is 12.4. The van der Waals surface area contributed by atoms with Gasteiger partial charge in [-0.3, -0.25) is 9.69 Å². The molecular weight excluding hydrogens is 327 g/mol. The van der Waals surface area contributed by atoms with Crippen molar-refractivity contribution in [1.82, 2.24) is 9.97 Å². The third-order valence-electron chi connectivity index (χ3n) is 2.66. The maximum atomic E-state index is 12.4. The van der Waals surface area contributed by atoms with Crippen molar-refractivity contribution < 1.29 is 9.59 Å². The van der Waals surface area contributed by atoms with Gasteiger partial charge in [0.2, 0.25) is 0 Å². The zero-order valence-corrected chi connectivity index (χ0v) is 12.9. The Bertz CT molecular complexity index is 667. The van der Waals surface area contributed by atoms with Crippen molar-refractivity contribution in [3.8, 4) is 0 Å². The number of urea groups is 1. The van der Waals surface area contributed by atoms with Gasteiger partial charge in [-0.15, -0.1) is 11.6 Å². The monoisotopic (exact) mass is 338 g/mol. The summed E-state index contributed by atoms with van der Waals surface area (Å²) in [5.74, 6) is -0.485. The van der Waals surface area contributed by atoms with Crippen molar-refractivity contribution in [3.05, 3.63) is 48.0 Å². The van der Waals surface area contributed by atoms with Gasteiger partial charge < -0.3 is 5.32 Å². The lowest BCUT2D eigenvalue weighted by molar-refractivity contribution is -0.115. The minimum atomic E-state index is -0.504. The first-order valence-corrected chi connectivity index (χ1v) is 7.18. The van der Waals surface area contributed by atoms with E-state index in [4.69, 9.17) is 23.2 Å².